The van der Waals surface area contributed by atoms with E-state index in [-0.39, 0.29) is 18.8 Å². The number of terminal acetylenes is 1. The largest absolute Gasteiger partial charge is 0.390 e. The third kappa shape index (κ3) is 14.3. The molecule has 0 radical (unpaired) electrons. The first kappa shape index (κ1) is 40.9. The molecule has 2 aliphatic rings. The van der Waals surface area contributed by atoms with E-state index in [1.165, 1.54) is 11.4 Å². The predicted molar refractivity (Wildman–Crippen MR) is 192 cm³/mol. The first-order chi connectivity index (χ1) is 23.4. The Balaban J connectivity index is 1.73. The van der Waals surface area contributed by atoms with Crippen LogP contribution in [0.15, 0.2) is 30.3 Å². The average molecular weight is 705 g/mol. The molecular formula is C37H60N4O7S. The van der Waals surface area contributed by atoms with Crippen LogP contribution in [0.25, 0.3) is 0 Å². The van der Waals surface area contributed by atoms with Crippen molar-refractivity contribution in [2.24, 2.45) is 17.8 Å². The van der Waals surface area contributed by atoms with Gasteiger partial charge in [-0.2, -0.15) is 0 Å². The molecule has 12 heteroatoms. The second-order valence-corrected chi connectivity index (χ2v) is 16.4. The number of aliphatic hydroxyl groups is 2. The summed E-state index contributed by atoms with van der Waals surface area (Å²) in [4.78, 5) is 29.9. The summed E-state index contributed by atoms with van der Waals surface area (Å²) in [6.45, 7) is 7.97. The summed E-state index contributed by atoms with van der Waals surface area (Å²) in [6, 6.07) is 7.31. The van der Waals surface area contributed by atoms with Crippen LogP contribution < -0.4 is 10.6 Å². The van der Waals surface area contributed by atoms with E-state index in [0.717, 1.165) is 57.3 Å². The molecule has 1 aliphatic heterocycles. The van der Waals surface area contributed by atoms with E-state index in [0.29, 0.717) is 44.9 Å². The van der Waals surface area contributed by atoms with E-state index < -0.39 is 57.8 Å². The molecule has 2 amide bonds. The summed E-state index contributed by atoms with van der Waals surface area (Å²) in [7, 11) is -2.30. The van der Waals surface area contributed by atoms with Gasteiger partial charge in [-0.15, -0.1) is 12.3 Å². The molecule has 1 aromatic carbocycles. The van der Waals surface area contributed by atoms with Gasteiger partial charge in [0, 0.05) is 33.1 Å². The molecule has 11 nitrogen and oxygen atoms in total. The second-order valence-electron chi connectivity index (χ2n) is 14.3. The number of aliphatic hydroxyl groups excluding tert-OH is 2. The number of carbonyl (C=O) groups is 2. The van der Waals surface area contributed by atoms with Crippen LogP contribution in [0.1, 0.15) is 77.2 Å². The fourth-order valence-corrected chi connectivity index (χ4v) is 8.28. The summed E-state index contributed by atoms with van der Waals surface area (Å²) >= 11 is 0. The Kier molecular flexibility index (Phi) is 17.5. The standard InChI is InChI=1S/C37H60N4O7S/c1-5-13-32(37(45)39-33(26-30-16-10-7-11-17-30)35(43)34(42)24-28(2)3)38-36(44)31(25-29-14-8-6-9-15-29)27-49(46,47)40(4)18-12-19-41-20-22-48-23-21-41/h1,6,8-9,14-15,28,30-35,42-43H,7,10-13,16-27H2,2-4H3,(H,38,44)(H,39,45)/t31-,32?,33+,34+,35?/m1/s1. The Morgan fingerprint density at radius 3 is 2.37 bits per heavy atom. The number of hydrogen-bond donors (Lipinski definition) is 4. The maximum absolute atomic E-state index is 13.9. The Morgan fingerprint density at radius 2 is 1.73 bits per heavy atom. The van der Waals surface area contributed by atoms with Crippen LogP contribution in [0.2, 0.25) is 0 Å². The van der Waals surface area contributed by atoms with Gasteiger partial charge in [-0.3, -0.25) is 14.5 Å². The Bertz CT molecular complexity index is 1280. The topological polar surface area (TPSA) is 149 Å². The van der Waals surface area contributed by atoms with Crippen molar-refractivity contribution in [3.63, 3.8) is 0 Å². The van der Waals surface area contributed by atoms with Gasteiger partial charge in [-0.1, -0.05) is 76.3 Å². The molecule has 4 N–H and O–H groups in total. The predicted octanol–water partition coefficient (Wildman–Crippen LogP) is 2.56. The number of ether oxygens (including phenoxy) is 1. The summed E-state index contributed by atoms with van der Waals surface area (Å²) in [5.74, 6) is 0.333. The molecule has 0 bridgehead atoms. The molecular weight excluding hydrogens is 644 g/mol. The van der Waals surface area contributed by atoms with Crippen molar-refractivity contribution in [3.8, 4) is 12.3 Å². The van der Waals surface area contributed by atoms with E-state index in [1.54, 1.807) is 0 Å². The molecule has 5 atom stereocenters. The first-order valence-corrected chi connectivity index (χ1v) is 19.7. The summed E-state index contributed by atoms with van der Waals surface area (Å²) < 4.78 is 33.8. The van der Waals surface area contributed by atoms with Crippen LogP contribution in [0.4, 0.5) is 0 Å². The third-order valence-electron chi connectivity index (χ3n) is 9.75. The molecule has 49 heavy (non-hydrogen) atoms. The highest BCUT2D eigenvalue weighted by atomic mass is 32.2. The van der Waals surface area contributed by atoms with Crippen molar-refractivity contribution in [2.75, 3.05) is 52.2 Å². The van der Waals surface area contributed by atoms with Gasteiger partial charge in [0.25, 0.3) is 0 Å². The second kappa shape index (κ2) is 21.0. The van der Waals surface area contributed by atoms with Gasteiger partial charge in [0.1, 0.15) is 12.1 Å². The lowest BCUT2D eigenvalue weighted by atomic mass is 9.82. The molecule has 2 fully saturated rings. The lowest BCUT2D eigenvalue weighted by Gasteiger charge is -2.33. The number of amides is 2. The monoisotopic (exact) mass is 704 g/mol. The van der Waals surface area contributed by atoms with Crippen LogP contribution in [0, 0.1) is 30.1 Å². The van der Waals surface area contributed by atoms with Crippen LogP contribution in [0.3, 0.4) is 0 Å². The van der Waals surface area contributed by atoms with Gasteiger partial charge in [0.05, 0.1) is 37.0 Å². The normalized spacial score (nSPS) is 19.5. The Morgan fingerprint density at radius 1 is 1.06 bits per heavy atom. The molecule has 1 heterocycles. The maximum atomic E-state index is 13.9. The number of hydrogen-bond acceptors (Lipinski definition) is 8. The summed E-state index contributed by atoms with van der Waals surface area (Å²) in [5, 5.41) is 27.7. The molecule has 1 saturated heterocycles. The minimum Gasteiger partial charge on any atom is -0.390 e. The van der Waals surface area contributed by atoms with Crippen molar-refractivity contribution in [3.05, 3.63) is 35.9 Å². The number of carbonyl (C=O) groups excluding carboxylic acids is 2. The van der Waals surface area contributed by atoms with E-state index >= 15 is 0 Å². The average Bonchev–Trinajstić information content (AvgIpc) is 3.08. The SMILES string of the molecule is C#CCC(NC(=O)[C@H](Cc1ccccc1)CS(=O)(=O)N(C)CCCN1CCOCC1)C(=O)N[C@@H](CC1CCCCC1)C(O)[C@@H](O)CC(C)C. The van der Waals surface area contributed by atoms with Crippen molar-refractivity contribution in [2.45, 2.75) is 102 Å². The van der Waals surface area contributed by atoms with Crippen molar-refractivity contribution >= 4 is 21.8 Å². The number of sulfonamides is 1. The Hall–Kier alpha value is -2.53. The maximum Gasteiger partial charge on any atom is 0.243 e. The molecule has 1 aromatic rings. The fourth-order valence-electron chi connectivity index (χ4n) is 6.84. The van der Waals surface area contributed by atoms with Crippen LogP contribution in [0.5, 0.6) is 0 Å². The molecule has 0 spiro atoms. The molecule has 276 valence electrons. The smallest absolute Gasteiger partial charge is 0.243 e. The zero-order valence-electron chi connectivity index (χ0n) is 29.8. The number of nitrogens with zero attached hydrogens (tertiary/aromatic N) is 2. The zero-order valence-corrected chi connectivity index (χ0v) is 30.6. The van der Waals surface area contributed by atoms with Crippen LogP contribution >= 0.6 is 0 Å². The number of nitrogens with one attached hydrogen (secondary N) is 2. The van der Waals surface area contributed by atoms with Crippen LogP contribution in [-0.2, 0) is 30.8 Å². The minimum atomic E-state index is -3.83. The third-order valence-corrected chi connectivity index (χ3v) is 11.7. The van der Waals surface area contributed by atoms with E-state index in [1.807, 2.05) is 44.2 Å². The quantitative estimate of drug-likeness (QED) is 0.152. The molecule has 1 aliphatic carbocycles. The van der Waals surface area contributed by atoms with Gasteiger partial charge in [-0.05, 0) is 49.6 Å². The van der Waals surface area contributed by atoms with Crippen LogP contribution in [-0.4, -0.2) is 116 Å². The highest BCUT2D eigenvalue weighted by Crippen LogP contribution is 2.29. The van der Waals surface area contributed by atoms with Gasteiger partial charge >= 0.3 is 0 Å². The highest BCUT2D eigenvalue weighted by Gasteiger charge is 2.35. The fraction of sp³-hybridized carbons (Fsp3) is 0.730. The lowest BCUT2D eigenvalue weighted by Crippen LogP contribution is -2.56. The van der Waals surface area contributed by atoms with E-state index in [2.05, 4.69) is 21.5 Å². The van der Waals surface area contributed by atoms with E-state index in [9.17, 15) is 28.2 Å². The highest BCUT2D eigenvalue weighted by molar-refractivity contribution is 7.89. The van der Waals surface area contributed by atoms with E-state index in [4.69, 9.17) is 11.2 Å². The van der Waals surface area contributed by atoms with Gasteiger partial charge < -0.3 is 25.6 Å². The Labute approximate surface area is 294 Å². The number of morpholine rings is 1. The zero-order chi connectivity index (χ0) is 35.8. The van der Waals surface area contributed by atoms with Gasteiger partial charge in [0.15, 0.2) is 0 Å². The molecule has 3 rings (SSSR count). The van der Waals surface area contributed by atoms with Gasteiger partial charge in [-0.25, -0.2) is 12.7 Å². The van der Waals surface area contributed by atoms with Crippen molar-refractivity contribution in [1.29, 1.82) is 0 Å². The first-order valence-electron chi connectivity index (χ1n) is 18.1. The number of rotatable bonds is 20. The molecule has 2 unspecified atom stereocenters. The number of benzene rings is 1. The molecule has 0 aromatic heterocycles. The lowest BCUT2D eigenvalue weighted by molar-refractivity contribution is -0.132. The van der Waals surface area contributed by atoms with Gasteiger partial charge in [0.2, 0.25) is 21.8 Å². The minimum absolute atomic E-state index is 0.120. The summed E-state index contributed by atoms with van der Waals surface area (Å²) in [5.41, 5.74) is 0.792. The summed E-state index contributed by atoms with van der Waals surface area (Å²) in [6.07, 6.45) is 10.3. The van der Waals surface area contributed by atoms with Crippen molar-refractivity contribution < 1.29 is 33.0 Å². The molecule has 1 saturated carbocycles. The van der Waals surface area contributed by atoms with Crippen molar-refractivity contribution in [1.82, 2.24) is 19.8 Å².